The van der Waals surface area contributed by atoms with Crippen molar-refractivity contribution in [3.8, 4) is 17.2 Å². The zero-order valence-corrected chi connectivity index (χ0v) is 9.13. The van der Waals surface area contributed by atoms with Gasteiger partial charge in [0.15, 0.2) is 0 Å². The van der Waals surface area contributed by atoms with Crippen LogP contribution in [-0.4, -0.2) is 10.2 Å². The highest BCUT2D eigenvalue weighted by atomic mass is 16.5. The molecule has 0 amide bonds. The van der Waals surface area contributed by atoms with Gasteiger partial charge < -0.3 is 20.7 Å². The van der Waals surface area contributed by atoms with Crippen molar-refractivity contribution < 1.29 is 14.9 Å². The van der Waals surface area contributed by atoms with Gasteiger partial charge in [0.05, 0.1) is 5.69 Å². The maximum absolute atomic E-state index is 9.27. The molecule has 17 heavy (non-hydrogen) atoms. The van der Waals surface area contributed by atoms with Gasteiger partial charge in [-0.15, -0.1) is 0 Å². The fourth-order valence-electron chi connectivity index (χ4n) is 1.40. The summed E-state index contributed by atoms with van der Waals surface area (Å²) >= 11 is 0. The van der Waals surface area contributed by atoms with Gasteiger partial charge in [0.2, 0.25) is 0 Å². The maximum atomic E-state index is 9.27. The lowest BCUT2D eigenvalue weighted by Gasteiger charge is -2.07. The van der Waals surface area contributed by atoms with Crippen molar-refractivity contribution in [2.45, 2.75) is 6.61 Å². The molecule has 4 heteroatoms. The molecule has 0 aliphatic heterocycles. The van der Waals surface area contributed by atoms with Crippen molar-refractivity contribution in [1.82, 2.24) is 0 Å². The maximum Gasteiger partial charge on any atom is 0.138 e. The Labute approximate surface area is 98.9 Å². The van der Waals surface area contributed by atoms with Crippen LogP contribution >= 0.6 is 0 Å². The quantitative estimate of drug-likeness (QED) is 0.559. The number of phenolic OH excluding ortho intramolecular Hbond substituents is 2. The van der Waals surface area contributed by atoms with Crippen LogP contribution in [-0.2, 0) is 6.61 Å². The number of rotatable bonds is 3. The molecule has 2 aromatic carbocycles. The van der Waals surface area contributed by atoms with Gasteiger partial charge in [-0.05, 0) is 42.0 Å². The average Bonchev–Trinajstić information content (AvgIpc) is 2.33. The number of hydrogen-bond donors (Lipinski definition) is 3. The van der Waals surface area contributed by atoms with Crippen LogP contribution in [0.2, 0.25) is 0 Å². The number of phenols is 2. The van der Waals surface area contributed by atoms with E-state index < -0.39 is 0 Å². The lowest BCUT2D eigenvalue weighted by Crippen LogP contribution is -1.96. The molecule has 0 aliphatic carbocycles. The molecule has 4 N–H and O–H groups in total. The highest BCUT2D eigenvalue weighted by Gasteiger charge is 2.00. The fourth-order valence-corrected chi connectivity index (χ4v) is 1.40. The molecule has 0 heterocycles. The normalized spacial score (nSPS) is 10.1. The summed E-state index contributed by atoms with van der Waals surface area (Å²) in [4.78, 5) is 0. The van der Waals surface area contributed by atoms with Crippen molar-refractivity contribution in [3.05, 3.63) is 48.0 Å². The largest absolute Gasteiger partial charge is 0.508 e. The second kappa shape index (κ2) is 4.65. The molecule has 0 saturated heterocycles. The number of benzene rings is 2. The van der Waals surface area contributed by atoms with Gasteiger partial charge in [-0.2, -0.15) is 0 Å². The third kappa shape index (κ3) is 2.81. The number of anilines is 1. The second-order valence-electron chi connectivity index (χ2n) is 3.68. The van der Waals surface area contributed by atoms with Gasteiger partial charge in [0, 0.05) is 0 Å². The summed E-state index contributed by atoms with van der Waals surface area (Å²) < 4.78 is 5.49. The summed E-state index contributed by atoms with van der Waals surface area (Å²) in [6.07, 6.45) is 0. The Balaban J connectivity index is 2.02. The van der Waals surface area contributed by atoms with Crippen LogP contribution in [0.5, 0.6) is 17.2 Å². The molecule has 0 aliphatic rings. The fraction of sp³-hybridized carbons (Fsp3) is 0.0769. The summed E-state index contributed by atoms with van der Waals surface area (Å²) in [5.74, 6) is 0.930. The Morgan fingerprint density at radius 1 is 1.00 bits per heavy atom. The highest BCUT2D eigenvalue weighted by molar-refractivity contribution is 5.53. The summed E-state index contributed by atoms with van der Waals surface area (Å²) in [5, 5.41) is 18.4. The molecule has 0 bridgehead atoms. The minimum absolute atomic E-state index is 0.0679. The van der Waals surface area contributed by atoms with Gasteiger partial charge in [-0.3, -0.25) is 0 Å². The van der Waals surface area contributed by atoms with E-state index in [-0.39, 0.29) is 11.5 Å². The van der Waals surface area contributed by atoms with Gasteiger partial charge >= 0.3 is 0 Å². The molecule has 0 atom stereocenters. The number of ether oxygens (including phenoxy) is 1. The number of nitrogens with two attached hydrogens (primary N) is 1. The second-order valence-corrected chi connectivity index (χ2v) is 3.68. The topological polar surface area (TPSA) is 75.7 Å². The van der Waals surface area contributed by atoms with Crippen LogP contribution in [0.4, 0.5) is 5.69 Å². The Morgan fingerprint density at radius 2 is 1.71 bits per heavy atom. The SMILES string of the molecule is Nc1cc(COc2ccc(O)cc2)ccc1O. The van der Waals surface area contributed by atoms with E-state index in [1.165, 1.54) is 6.07 Å². The van der Waals surface area contributed by atoms with Crippen LogP contribution in [0.1, 0.15) is 5.56 Å². The molecule has 2 rings (SSSR count). The zero-order valence-electron chi connectivity index (χ0n) is 9.13. The van der Waals surface area contributed by atoms with E-state index in [1.54, 1.807) is 36.4 Å². The van der Waals surface area contributed by atoms with Crippen molar-refractivity contribution in [2.75, 3.05) is 5.73 Å². The van der Waals surface area contributed by atoms with Crippen molar-refractivity contribution in [2.24, 2.45) is 0 Å². The van der Waals surface area contributed by atoms with E-state index in [4.69, 9.17) is 15.6 Å². The molecule has 0 spiro atoms. The van der Waals surface area contributed by atoms with E-state index in [1.807, 2.05) is 0 Å². The smallest absolute Gasteiger partial charge is 0.138 e. The lowest BCUT2D eigenvalue weighted by molar-refractivity contribution is 0.305. The molecule has 88 valence electrons. The third-order valence-corrected chi connectivity index (χ3v) is 2.33. The van der Waals surface area contributed by atoms with Crippen LogP contribution in [0.15, 0.2) is 42.5 Å². The molecule has 2 aromatic rings. The van der Waals surface area contributed by atoms with E-state index in [9.17, 15) is 5.11 Å². The van der Waals surface area contributed by atoms with E-state index >= 15 is 0 Å². The van der Waals surface area contributed by atoms with Crippen LogP contribution in [0.3, 0.4) is 0 Å². The number of aromatic hydroxyl groups is 2. The number of nitrogen functional groups attached to an aromatic ring is 1. The molecule has 0 radical (unpaired) electrons. The minimum Gasteiger partial charge on any atom is -0.508 e. The Kier molecular flexibility index (Phi) is 3.05. The Hall–Kier alpha value is -2.36. The number of hydrogen-bond acceptors (Lipinski definition) is 4. The first-order valence-electron chi connectivity index (χ1n) is 5.14. The third-order valence-electron chi connectivity index (χ3n) is 2.33. The van der Waals surface area contributed by atoms with Gasteiger partial charge in [0.25, 0.3) is 0 Å². The van der Waals surface area contributed by atoms with Gasteiger partial charge in [-0.25, -0.2) is 0 Å². The lowest BCUT2D eigenvalue weighted by atomic mass is 10.2. The molecule has 0 aromatic heterocycles. The standard InChI is InChI=1S/C13H13NO3/c14-12-7-9(1-6-13(12)16)8-17-11-4-2-10(15)3-5-11/h1-7,15-16H,8,14H2. The van der Waals surface area contributed by atoms with Crippen LogP contribution in [0.25, 0.3) is 0 Å². The van der Waals surface area contributed by atoms with Crippen LogP contribution < -0.4 is 10.5 Å². The van der Waals surface area contributed by atoms with Gasteiger partial charge in [-0.1, -0.05) is 6.07 Å². The summed E-state index contributed by atoms with van der Waals surface area (Å²) in [7, 11) is 0. The molecular weight excluding hydrogens is 218 g/mol. The van der Waals surface area contributed by atoms with Crippen molar-refractivity contribution in [1.29, 1.82) is 0 Å². The molecule has 0 saturated carbocycles. The van der Waals surface area contributed by atoms with Crippen molar-refractivity contribution >= 4 is 5.69 Å². The van der Waals surface area contributed by atoms with E-state index in [0.29, 0.717) is 18.0 Å². The summed E-state index contributed by atoms with van der Waals surface area (Å²) in [6, 6.07) is 11.4. The Morgan fingerprint density at radius 3 is 2.35 bits per heavy atom. The first-order valence-corrected chi connectivity index (χ1v) is 5.14. The van der Waals surface area contributed by atoms with E-state index in [0.717, 1.165) is 5.56 Å². The minimum atomic E-state index is 0.0679. The summed E-state index contributed by atoms with van der Waals surface area (Å²) in [6.45, 7) is 0.356. The van der Waals surface area contributed by atoms with Crippen molar-refractivity contribution in [3.63, 3.8) is 0 Å². The first kappa shape index (κ1) is 11.1. The average molecular weight is 231 g/mol. The predicted octanol–water partition coefficient (Wildman–Crippen LogP) is 2.26. The first-order chi connectivity index (χ1) is 8.15. The highest BCUT2D eigenvalue weighted by Crippen LogP contribution is 2.22. The van der Waals surface area contributed by atoms with Crippen LogP contribution in [0, 0.1) is 0 Å². The van der Waals surface area contributed by atoms with Gasteiger partial charge in [0.1, 0.15) is 23.9 Å². The predicted molar refractivity (Wildman–Crippen MR) is 65.0 cm³/mol. The monoisotopic (exact) mass is 231 g/mol. The molecular formula is C13H13NO3. The molecule has 0 fully saturated rings. The van der Waals surface area contributed by atoms with E-state index in [2.05, 4.69) is 0 Å². The zero-order chi connectivity index (χ0) is 12.3. The Bertz CT molecular complexity index is 509. The molecule has 4 nitrogen and oxygen atoms in total. The molecule has 0 unspecified atom stereocenters. The summed E-state index contributed by atoms with van der Waals surface area (Å²) in [5.41, 5.74) is 6.77.